The van der Waals surface area contributed by atoms with E-state index in [1.807, 2.05) is 4.90 Å². The third kappa shape index (κ3) is 2.06. The zero-order valence-corrected chi connectivity index (χ0v) is 10.1. The summed E-state index contributed by atoms with van der Waals surface area (Å²) in [6.45, 7) is 0.639. The van der Waals surface area contributed by atoms with Crippen molar-refractivity contribution in [2.75, 3.05) is 20.6 Å². The molecule has 4 heteroatoms. The van der Waals surface area contributed by atoms with Crippen molar-refractivity contribution in [1.29, 1.82) is 0 Å². The molecule has 16 heavy (non-hydrogen) atoms. The molecule has 1 aliphatic carbocycles. The maximum Gasteiger partial charge on any atom is 0.227 e. The van der Waals surface area contributed by atoms with Gasteiger partial charge in [-0.3, -0.25) is 9.59 Å². The van der Waals surface area contributed by atoms with Crippen molar-refractivity contribution in [3.8, 4) is 0 Å². The predicted molar refractivity (Wildman–Crippen MR) is 60.8 cm³/mol. The molecule has 0 radical (unpaired) electrons. The summed E-state index contributed by atoms with van der Waals surface area (Å²) < 4.78 is 0. The lowest BCUT2D eigenvalue weighted by molar-refractivity contribution is -0.133. The Morgan fingerprint density at radius 2 is 1.94 bits per heavy atom. The Morgan fingerprint density at radius 3 is 2.50 bits per heavy atom. The van der Waals surface area contributed by atoms with E-state index in [2.05, 4.69) is 0 Å². The smallest absolute Gasteiger partial charge is 0.227 e. The van der Waals surface area contributed by atoms with Gasteiger partial charge in [-0.1, -0.05) is 12.8 Å². The molecular formula is C12H20N2O2. The highest BCUT2D eigenvalue weighted by Crippen LogP contribution is 2.29. The van der Waals surface area contributed by atoms with Gasteiger partial charge in [-0.05, 0) is 12.8 Å². The lowest BCUT2D eigenvalue weighted by Crippen LogP contribution is -2.36. The van der Waals surface area contributed by atoms with Gasteiger partial charge in [0, 0.05) is 33.1 Å². The fourth-order valence-corrected chi connectivity index (χ4v) is 2.83. The molecule has 1 aliphatic heterocycles. The normalized spacial score (nSPS) is 26.5. The van der Waals surface area contributed by atoms with Crippen molar-refractivity contribution < 1.29 is 9.59 Å². The zero-order valence-electron chi connectivity index (χ0n) is 10.1. The zero-order chi connectivity index (χ0) is 11.7. The van der Waals surface area contributed by atoms with Crippen LogP contribution < -0.4 is 0 Å². The number of likely N-dealkylation sites (tertiary alicyclic amines) is 1. The number of amides is 2. The number of carbonyl (C=O) groups excluding carboxylic acids is 2. The largest absolute Gasteiger partial charge is 0.349 e. The standard InChI is InChI=1S/C12H20N2O2/c1-13(2)12(16)9-7-11(15)14(8-9)10-5-3-4-6-10/h9-10H,3-8H2,1-2H3. The lowest BCUT2D eigenvalue weighted by atomic mass is 10.1. The summed E-state index contributed by atoms with van der Waals surface area (Å²) in [5.74, 6) is 0.157. The van der Waals surface area contributed by atoms with Crippen LogP contribution in [0.5, 0.6) is 0 Å². The van der Waals surface area contributed by atoms with Gasteiger partial charge in [-0.25, -0.2) is 0 Å². The van der Waals surface area contributed by atoms with Crippen molar-refractivity contribution >= 4 is 11.8 Å². The predicted octanol–water partition coefficient (Wildman–Crippen LogP) is 0.866. The Labute approximate surface area is 96.6 Å². The highest BCUT2D eigenvalue weighted by Gasteiger charge is 2.38. The monoisotopic (exact) mass is 224 g/mol. The minimum atomic E-state index is -0.108. The molecular weight excluding hydrogens is 204 g/mol. The summed E-state index contributed by atoms with van der Waals surface area (Å²) >= 11 is 0. The van der Waals surface area contributed by atoms with Crippen LogP contribution in [-0.4, -0.2) is 48.3 Å². The van der Waals surface area contributed by atoms with Gasteiger partial charge in [0.15, 0.2) is 0 Å². The summed E-state index contributed by atoms with van der Waals surface area (Å²) in [4.78, 5) is 27.2. The number of nitrogens with zero attached hydrogens (tertiary/aromatic N) is 2. The molecule has 90 valence electrons. The van der Waals surface area contributed by atoms with Gasteiger partial charge in [0.05, 0.1) is 5.92 Å². The van der Waals surface area contributed by atoms with Crippen LogP contribution >= 0.6 is 0 Å². The maximum absolute atomic E-state index is 11.9. The lowest BCUT2D eigenvalue weighted by Gasteiger charge is -2.24. The molecule has 1 saturated carbocycles. The van der Waals surface area contributed by atoms with E-state index >= 15 is 0 Å². The van der Waals surface area contributed by atoms with E-state index < -0.39 is 0 Å². The topological polar surface area (TPSA) is 40.6 Å². The molecule has 2 rings (SSSR count). The first kappa shape index (κ1) is 11.4. The van der Waals surface area contributed by atoms with Crippen LogP contribution in [0.3, 0.4) is 0 Å². The number of hydrogen-bond acceptors (Lipinski definition) is 2. The minimum Gasteiger partial charge on any atom is -0.349 e. The molecule has 0 N–H and O–H groups in total. The summed E-state index contributed by atoms with van der Waals surface area (Å²) in [7, 11) is 3.51. The van der Waals surface area contributed by atoms with E-state index in [-0.39, 0.29) is 17.7 Å². The van der Waals surface area contributed by atoms with Crippen LogP contribution in [0, 0.1) is 5.92 Å². The van der Waals surface area contributed by atoms with E-state index in [4.69, 9.17) is 0 Å². The van der Waals surface area contributed by atoms with Crippen molar-refractivity contribution in [3.05, 3.63) is 0 Å². The van der Waals surface area contributed by atoms with E-state index in [0.29, 0.717) is 19.0 Å². The van der Waals surface area contributed by atoms with E-state index in [1.165, 1.54) is 12.8 Å². The Hall–Kier alpha value is -1.06. The molecule has 2 aliphatic rings. The van der Waals surface area contributed by atoms with Crippen molar-refractivity contribution in [1.82, 2.24) is 9.80 Å². The third-order valence-electron chi connectivity index (χ3n) is 3.71. The van der Waals surface area contributed by atoms with Crippen molar-refractivity contribution in [3.63, 3.8) is 0 Å². The molecule has 1 atom stereocenters. The maximum atomic E-state index is 11.9. The molecule has 2 fully saturated rings. The fraction of sp³-hybridized carbons (Fsp3) is 0.833. The number of rotatable bonds is 2. The first-order valence-electron chi connectivity index (χ1n) is 6.10. The van der Waals surface area contributed by atoms with Gasteiger partial charge < -0.3 is 9.80 Å². The van der Waals surface area contributed by atoms with Crippen LogP contribution in [0.15, 0.2) is 0 Å². The van der Waals surface area contributed by atoms with Gasteiger partial charge >= 0.3 is 0 Å². The molecule has 1 unspecified atom stereocenters. The number of carbonyl (C=O) groups is 2. The summed E-state index contributed by atoms with van der Waals surface area (Å²) in [5, 5.41) is 0. The van der Waals surface area contributed by atoms with Gasteiger partial charge in [-0.2, -0.15) is 0 Å². The van der Waals surface area contributed by atoms with Crippen LogP contribution in [0.1, 0.15) is 32.1 Å². The average Bonchev–Trinajstić information content (AvgIpc) is 2.84. The molecule has 0 aromatic heterocycles. The van der Waals surface area contributed by atoms with E-state index in [0.717, 1.165) is 12.8 Å². The SMILES string of the molecule is CN(C)C(=O)C1CC(=O)N(C2CCCC2)C1. The van der Waals surface area contributed by atoms with Gasteiger partial charge in [0.1, 0.15) is 0 Å². The second-order valence-electron chi connectivity index (χ2n) is 5.12. The van der Waals surface area contributed by atoms with Gasteiger partial charge in [0.2, 0.25) is 11.8 Å². The summed E-state index contributed by atoms with van der Waals surface area (Å²) in [5.41, 5.74) is 0. The van der Waals surface area contributed by atoms with Crippen LogP contribution in [0.2, 0.25) is 0 Å². The van der Waals surface area contributed by atoms with Crippen LogP contribution in [-0.2, 0) is 9.59 Å². The van der Waals surface area contributed by atoms with Gasteiger partial charge in [-0.15, -0.1) is 0 Å². The fourth-order valence-electron chi connectivity index (χ4n) is 2.83. The first-order chi connectivity index (χ1) is 7.59. The molecule has 1 heterocycles. The Balaban J connectivity index is 1.98. The molecule has 0 spiro atoms. The molecule has 0 aromatic carbocycles. The summed E-state index contributed by atoms with van der Waals surface area (Å²) in [6, 6.07) is 0.410. The molecule has 2 amide bonds. The quantitative estimate of drug-likeness (QED) is 0.698. The molecule has 1 saturated heterocycles. The highest BCUT2D eigenvalue weighted by molar-refractivity contribution is 5.89. The highest BCUT2D eigenvalue weighted by atomic mass is 16.2. The second-order valence-corrected chi connectivity index (χ2v) is 5.12. The Kier molecular flexibility index (Phi) is 3.17. The summed E-state index contributed by atoms with van der Waals surface area (Å²) in [6.07, 6.45) is 5.10. The van der Waals surface area contributed by atoms with E-state index in [9.17, 15) is 9.59 Å². The van der Waals surface area contributed by atoms with Gasteiger partial charge in [0.25, 0.3) is 0 Å². The Morgan fingerprint density at radius 1 is 1.31 bits per heavy atom. The Bertz CT molecular complexity index is 295. The number of hydrogen-bond donors (Lipinski definition) is 0. The minimum absolute atomic E-state index is 0.0915. The van der Waals surface area contributed by atoms with Crippen molar-refractivity contribution in [2.45, 2.75) is 38.1 Å². The van der Waals surface area contributed by atoms with Crippen LogP contribution in [0.25, 0.3) is 0 Å². The third-order valence-corrected chi connectivity index (χ3v) is 3.71. The van der Waals surface area contributed by atoms with E-state index in [1.54, 1.807) is 19.0 Å². The molecule has 0 aromatic rings. The van der Waals surface area contributed by atoms with Crippen molar-refractivity contribution in [2.24, 2.45) is 5.92 Å². The first-order valence-corrected chi connectivity index (χ1v) is 6.10. The second kappa shape index (κ2) is 4.44. The molecule has 4 nitrogen and oxygen atoms in total. The van der Waals surface area contributed by atoms with Crippen LogP contribution in [0.4, 0.5) is 0 Å². The molecule has 0 bridgehead atoms. The average molecular weight is 224 g/mol.